The Bertz CT molecular complexity index is 1510. The Morgan fingerprint density at radius 1 is 1.00 bits per heavy atom. The maximum absolute atomic E-state index is 5.80. The third-order valence-electron chi connectivity index (χ3n) is 7.43. The predicted molar refractivity (Wildman–Crippen MR) is 167 cm³/mol. The molecular formula is C29H37N9OS. The van der Waals surface area contributed by atoms with Crippen LogP contribution < -0.4 is 24.6 Å². The summed E-state index contributed by atoms with van der Waals surface area (Å²) >= 11 is 1.60. The Labute approximate surface area is 240 Å². The number of fused-ring (bicyclic) bond motifs is 1. The van der Waals surface area contributed by atoms with Crippen LogP contribution in [0.1, 0.15) is 17.5 Å². The molecule has 3 heterocycles. The van der Waals surface area contributed by atoms with Gasteiger partial charge in [-0.25, -0.2) is 4.98 Å². The molecule has 4 aromatic rings. The van der Waals surface area contributed by atoms with E-state index in [0.29, 0.717) is 17.8 Å². The summed E-state index contributed by atoms with van der Waals surface area (Å²) in [6, 6.07) is 8.76. The fourth-order valence-electron chi connectivity index (χ4n) is 5.08. The second-order valence-corrected chi connectivity index (χ2v) is 11.1. The van der Waals surface area contributed by atoms with Gasteiger partial charge >= 0.3 is 0 Å². The predicted octanol–water partition coefficient (Wildman–Crippen LogP) is 5.39. The molecule has 1 saturated heterocycles. The van der Waals surface area contributed by atoms with Crippen molar-refractivity contribution in [3.05, 3.63) is 54.0 Å². The van der Waals surface area contributed by atoms with E-state index in [0.717, 1.165) is 58.9 Å². The number of aryl methyl sites for hydroxylation is 2. The van der Waals surface area contributed by atoms with Gasteiger partial charge in [0.15, 0.2) is 0 Å². The molecule has 1 aliphatic rings. The monoisotopic (exact) mass is 559 g/mol. The molecule has 0 radical (unpaired) electrons. The second kappa shape index (κ2) is 11.7. The van der Waals surface area contributed by atoms with Crippen molar-refractivity contribution in [1.29, 1.82) is 0 Å². The van der Waals surface area contributed by atoms with Crippen LogP contribution in [0.5, 0.6) is 5.75 Å². The molecule has 11 heteroatoms. The van der Waals surface area contributed by atoms with Gasteiger partial charge in [0, 0.05) is 68.3 Å². The van der Waals surface area contributed by atoms with E-state index < -0.39 is 0 Å². The van der Waals surface area contributed by atoms with Gasteiger partial charge in [-0.15, -0.1) is 0 Å². The largest absolute Gasteiger partial charge is 0.494 e. The van der Waals surface area contributed by atoms with E-state index in [2.05, 4.69) is 72.8 Å². The van der Waals surface area contributed by atoms with Gasteiger partial charge in [-0.05, 0) is 58.1 Å². The normalized spacial score (nSPS) is 15.1. The molecule has 1 unspecified atom stereocenters. The molecule has 0 aliphatic carbocycles. The minimum absolute atomic E-state index is 0.479. The van der Waals surface area contributed by atoms with Crippen LogP contribution in [0.3, 0.4) is 0 Å². The summed E-state index contributed by atoms with van der Waals surface area (Å²) in [6.07, 6.45) is 8.42. The zero-order valence-electron chi connectivity index (χ0n) is 24.2. The molecule has 40 heavy (non-hydrogen) atoms. The third kappa shape index (κ3) is 5.57. The highest BCUT2D eigenvalue weighted by atomic mass is 32.2. The molecule has 0 bridgehead atoms. The molecule has 0 saturated carbocycles. The van der Waals surface area contributed by atoms with Crippen molar-refractivity contribution < 1.29 is 4.74 Å². The van der Waals surface area contributed by atoms with Crippen LogP contribution in [0, 0.1) is 13.8 Å². The summed E-state index contributed by atoms with van der Waals surface area (Å²) in [5, 5.41) is 6.91. The van der Waals surface area contributed by atoms with Gasteiger partial charge in [-0.1, -0.05) is 11.9 Å². The van der Waals surface area contributed by atoms with Gasteiger partial charge in [0.2, 0.25) is 5.95 Å². The van der Waals surface area contributed by atoms with Crippen LogP contribution in [0.25, 0.3) is 11.0 Å². The number of aromatic nitrogens is 4. The number of hydrogen-bond acceptors (Lipinski definition) is 11. The lowest BCUT2D eigenvalue weighted by Gasteiger charge is -2.25. The van der Waals surface area contributed by atoms with Crippen LogP contribution in [-0.2, 0) is 0 Å². The molecule has 1 aliphatic heterocycles. The van der Waals surface area contributed by atoms with Crippen molar-refractivity contribution >= 4 is 57.5 Å². The van der Waals surface area contributed by atoms with Crippen LogP contribution in [0.4, 0.5) is 34.5 Å². The average Bonchev–Trinajstić information content (AvgIpc) is 3.45. The van der Waals surface area contributed by atoms with Crippen molar-refractivity contribution in [3.8, 4) is 5.75 Å². The smallest absolute Gasteiger partial charge is 0.229 e. The van der Waals surface area contributed by atoms with Gasteiger partial charge in [0.25, 0.3) is 0 Å². The topological polar surface area (TPSA) is 94.6 Å². The lowest BCUT2D eigenvalue weighted by Crippen LogP contribution is -2.31. The molecule has 2 aromatic heterocycles. The first kappa shape index (κ1) is 27.7. The highest BCUT2D eigenvalue weighted by Crippen LogP contribution is 2.38. The molecule has 1 atom stereocenters. The van der Waals surface area contributed by atoms with Crippen molar-refractivity contribution in [2.45, 2.75) is 26.3 Å². The number of nitrogens with one attached hydrogen (secondary N) is 2. The molecular weight excluding hydrogens is 522 g/mol. The van der Waals surface area contributed by atoms with E-state index in [4.69, 9.17) is 9.72 Å². The number of methoxy groups -OCH3 is 1. The Morgan fingerprint density at radius 2 is 1.80 bits per heavy atom. The minimum atomic E-state index is 0.479. The minimum Gasteiger partial charge on any atom is -0.494 e. The maximum Gasteiger partial charge on any atom is 0.229 e. The van der Waals surface area contributed by atoms with Crippen LogP contribution in [0.15, 0.2) is 42.9 Å². The molecule has 0 amide bonds. The molecule has 1 fully saturated rings. The lowest BCUT2D eigenvalue weighted by molar-refractivity contribution is 0.315. The number of rotatable bonds is 9. The van der Waals surface area contributed by atoms with E-state index >= 15 is 0 Å². The summed E-state index contributed by atoms with van der Waals surface area (Å²) < 4.78 is 7.88. The molecule has 2 aromatic carbocycles. The zero-order chi connectivity index (χ0) is 28.4. The molecule has 10 nitrogen and oxygen atoms in total. The number of benzene rings is 2. The van der Waals surface area contributed by atoms with Crippen molar-refractivity contribution in [2.24, 2.45) is 0 Å². The van der Waals surface area contributed by atoms with Gasteiger partial charge in [0.05, 0.1) is 29.7 Å². The fourth-order valence-corrected chi connectivity index (χ4v) is 5.44. The van der Waals surface area contributed by atoms with E-state index in [9.17, 15) is 0 Å². The SMILES string of the molecule is COc1cc(N2CCC(N(C)C)C2)c(C)cc1Nc1ncc(C)c(Nc2ccc3nccnc3c2N(C)SC)n1. The van der Waals surface area contributed by atoms with Crippen molar-refractivity contribution in [1.82, 2.24) is 24.8 Å². The van der Waals surface area contributed by atoms with Crippen molar-refractivity contribution in [2.75, 3.05) is 67.4 Å². The summed E-state index contributed by atoms with van der Waals surface area (Å²) in [6.45, 7) is 6.16. The van der Waals surface area contributed by atoms with Crippen LogP contribution in [0.2, 0.25) is 0 Å². The Kier molecular flexibility index (Phi) is 8.13. The molecule has 2 N–H and O–H groups in total. The highest BCUT2D eigenvalue weighted by molar-refractivity contribution is 7.99. The van der Waals surface area contributed by atoms with Crippen LogP contribution in [-0.4, -0.2) is 78.5 Å². The molecule has 210 valence electrons. The summed E-state index contributed by atoms with van der Waals surface area (Å²) in [5.74, 6) is 1.94. The zero-order valence-corrected chi connectivity index (χ0v) is 25.0. The Balaban J connectivity index is 1.43. The quantitative estimate of drug-likeness (QED) is 0.259. The van der Waals surface area contributed by atoms with Crippen molar-refractivity contribution in [3.63, 3.8) is 0 Å². The second-order valence-electron chi connectivity index (χ2n) is 10.2. The average molecular weight is 560 g/mol. The standard InChI is InChI=1S/C29H37N9OS/c1-18-14-23(25(39-6)15-24(18)38-13-10-20(17-38)36(3)4)34-29-32-16-19(2)28(35-29)33-22-9-8-21-26(31-12-11-30-21)27(22)37(5)40-7/h8-9,11-12,14-16,20H,10,13,17H2,1-7H3,(H2,32,33,34,35). The highest BCUT2D eigenvalue weighted by Gasteiger charge is 2.26. The number of likely N-dealkylation sites (N-methyl/N-ethyl adjacent to an activating group) is 1. The Morgan fingerprint density at radius 3 is 2.52 bits per heavy atom. The first-order valence-electron chi connectivity index (χ1n) is 13.3. The maximum atomic E-state index is 5.80. The summed E-state index contributed by atoms with van der Waals surface area (Å²) in [5.41, 5.74) is 7.61. The number of hydrogen-bond donors (Lipinski definition) is 2. The number of anilines is 6. The van der Waals surface area contributed by atoms with Gasteiger partial charge in [0.1, 0.15) is 17.1 Å². The summed E-state index contributed by atoms with van der Waals surface area (Å²) in [7, 11) is 8.01. The molecule has 5 rings (SSSR count). The Hall–Kier alpha value is -3.83. The van der Waals surface area contributed by atoms with E-state index in [1.807, 2.05) is 38.6 Å². The number of nitrogens with zero attached hydrogens (tertiary/aromatic N) is 7. The van der Waals surface area contributed by atoms with Gasteiger partial charge < -0.3 is 29.5 Å². The number of ether oxygens (including phenoxy) is 1. The van der Waals surface area contributed by atoms with E-state index in [-0.39, 0.29) is 0 Å². The molecule has 0 spiro atoms. The van der Waals surface area contributed by atoms with Gasteiger partial charge in [-0.3, -0.25) is 9.97 Å². The van der Waals surface area contributed by atoms with Gasteiger partial charge in [-0.2, -0.15) is 4.98 Å². The first-order valence-corrected chi connectivity index (χ1v) is 14.5. The first-order chi connectivity index (χ1) is 19.3. The van der Waals surface area contributed by atoms with E-state index in [1.54, 1.807) is 31.5 Å². The van der Waals surface area contributed by atoms with E-state index in [1.165, 1.54) is 11.3 Å². The van der Waals surface area contributed by atoms with Crippen LogP contribution >= 0.6 is 11.9 Å². The lowest BCUT2D eigenvalue weighted by atomic mass is 10.1. The fraction of sp³-hybridized carbons (Fsp3) is 0.379. The summed E-state index contributed by atoms with van der Waals surface area (Å²) in [4.78, 5) is 23.2. The third-order valence-corrected chi connectivity index (χ3v) is 8.16.